The first-order valence-electron chi connectivity index (χ1n) is 8.53. The molecule has 6 heteroatoms. The Morgan fingerprint density at radius 1 is 1.08 bits per heavy atom. The summed E-state index contributed by atoms with van der Waals surface area (Å²) in [7, 11) is 3.31. The molecule has 0 aromatic heterocycles. The van der Waals surface area contributed by atoms with Crippen LogP contribution in [0.5, 0.6) is 11.5 Å². The van der Waals surface area contributed by atoms with E-state index in [0.717, 1.165) is 49.8 Å². The van der Waals surface area contributed by atoms with Crippen molar-refractivity contribution < 1.29 is 13.9 Å². The van der Waals surface area contributed by atoms with E-state index < -0.39 is 5.82 Å². The van der Waals surface area contributed by atoms with Crippen LogP contribution in [0.15, 0.2) is 36.4 Å². The molecule has 5 nitrogen and oxygen atoms in total. The molecule has 1 saturated heterocycles. The van der Waals surface area contributed by atoms with E-state index in [-0.39, 0.29) is 5.56 Å². The number of nitriles is 1. The van der Waals surface area contributed by atoms with Crippen molar-refractivity contribution >= 4 is 5.69 Å². The fraction of sp³-hybridized carbons (Fsp3) is 0.350. The maximum atomic E-state index is 13.8. The van der Waals surface area contributed by atoms with Gasteiger partial charge in [0.1, 0.15) is 28.9 Å². The highest BCUT2D eigenvalue weighted by Gasteiger charge is 2.21. The molecule has 3 rings (SSSR count). The van der Waals surface area contributed by atoms with Gasteiger partial charge in [-0.25, -0.2) is 4.39 Å². The van der Waals surface area contributed by atoms with Crippen LogP contribution in [0.25, 0.3) is 0 Å². The van der Waals surface area contributed by atoms with Crippen LogP contribution in [0.1, 0.15) is 11.1 Å². The number of nitrogens with zero attached hydrogens (tertiary/aromatic N) is 3. The molecule has 1 fully saturated rings. The van der Waals surface area contributed by atoms with Gasteiger partial charge in [0, 0.05) is 38.3 Å². The lowest BCUT2D eigenvalue weighted by atomic mass is 10.1. The molecule has 0 unspecified atom stereocenters. The normalized spacial score (nSPS) is 14.8. The molecule has 0 atom stereocenters. The van der Waals surface area contributed by atoms with Gasteiger partial charge in [0.05, 0.1) is 19.9 Å². The minimum absolute atomic E-state index is 0.121. The zero-order valence-electron chi connectivity index (χ0n) is 15.0. The molecule has 1 aliphatic rings. The first-order chi connectivity index (χ1) is 12.7. The van der Waals surface area contributed by atoms with Gasteiger partial charge in [-0.3, -0.25) is 4.90 Å². The number of halogens is 1. The Balaban J connectivity index is 1.68. The molecular formula is C20H22FN3O2. The van der Waals surface area contributed by atoms with Gasteiger partial charge in [0.15, 0.2) is 0 Å². The Kier molecular flexibility index (Phi) is 5.59. The third kappa shape index (κ3) is 3.73. The Labute approximate surface area is 153 Å². The van der Waals surface area contributed by atoms with Crippen LogP contribution < -0.4 is 14.4 Å². The molecule has 1 aliphatic heterocycles. The summed E-state index contributed by atoms with van der Waals surface area (Å²) in [6, 6.07) is 12.6. The van der Waals surface area contributed by atoms with Crippen LogP contribution in [0, 0.1) is 17.1 Å². The van der Waals surface area contributed by atoms with E-state index in [1.165, 1.54) is 6.07 Å². The Morgan fingerprint density at radius 3 is 2.50 bits per heavy atom. The zero-order valence-corrected chi connectivity index (χ0v) is 15.0. The van der Waals surface area contributed by atoms with Crippen LogP contribution in [0.4, 0.5) is 10.1 Å². The number of hydrogen-bond acceptors (Lipinski definition) is 5. The SMILES string of the molecule is COc1ccc(OC)c(CN2CCN(c3cccc(F)c3C#N)CC2)c1. The van der Waals surface area contributed by atoms with Gasteiger partial charge < -0.3 is 14.4 Å². The second kappa shape index (κ2) is 8.07. The molecular weight excluding hydrogens is 333 g/mol. The number of ether oxygens (including phenoxy) is 2. The summed E-state index contributed by atoms with van der Waals surface area (Å²) in [6.07, 6.45) is 0. The Bertz CT molecular complexity index is 811. The predicted molar refractivity (Wildman–Crippen MR) is 98.2 cm³/mol. The van der Waals surface area contributed by atoms with Crippen LogP contribution in [0.2, 0.25) is 0 Å². The summed E-state index contributed by atoms with van der Waals surface area (Å²) in [4.78, 5) is 4.39. The number of methoxy groups -OCH3 is 2. The van der Waals surface area contributed by atoms with Gasteiger partial charge >= 0.3 is 0 Å². The molecule has 1 heterocycles. The van der Waals surface area contributed by atoms with Crippen molar-refractivity contribution in [2.75, 3.05) is 45.3 Å². The molecule has 0 radical (unpaired) electrons. The van der Waals surface area contributed by atoms with E-state index in [0.29, 0.717) is 5.69 Å². The van der Waals surface area contributed by atoms with E-state index >= 15 is 0 Å². The number of benzene rings is 2. The molecule has 2 aromatic carbocycles. The highest BCUT2D eigenvalue weighted by Crippen LogP contribution is 2.27. The van der Waals surface area contributed by atoms with Crippen LogP contribution in [0.3, 0.4) is 0 Å². The third-order valence-electron chi connectivity index (χ3n) is 4.70. The lowest BCUT2D eigenvalue weighted by Crippen LogP contribution is -2.46. The van der Waals surface area contributed by atoms with E-state index in [4.69, 9.17) is 9.47 Å². The summed E-state index contributed by atoms with van der Waals surface area (Å²) < 4.78 is 24.6. The second-order valence-electron chi connectivity index (χ2n) is 6.19. The van der Waals surface area contributed by atoms with Gasteiger partial charge in [0.2, 0.25) is 0 Å². The summed E-state index contributed by atoms with van der Waals surface area (Å²) in [5, 5.41) is 9.23. The van der Waals surface area contributed by atoms with Gasteiger partial charge in [-0.2, -0.15) is 5.26 Å². The van der Waals surface area contributed by atoms with Crippen molar-refractivity contribution in [1.29, 1.82) is 5.26 Å². The minimum Gasteiger partial charge on any atom is -0.497 e. The average Bonchev–Trinajstić information content (AvgIpc) is 2.68. The summed E-state index contributed by atoms with van der Waals surface area (Å²) in [5.74, 6) is 1.18. The summed E-state index contributed by atoms with van der Waals surface area (Å²) in [6.45, 7) is 3.88. The van der Waals surface area contributed by atoms with Gasteiger partial charge in [0.25, 0.3) is 0 Å². The van der Waals surface area contributed by atoms with Crippen molar-refractivity contribution in [3.63, 3.8) is 0 Å². The fourth-order valence-corrected chi connectivity index (χ4v) is 3.28. The lowest BCUT2D eigenvalue weighted by molar-refractivity contribution is 0.245. The number of anilines is 1. The molecule has 0 amide bonds. The predicted octanol–water partition coefficient (Wildman–Crippen LogP) is 3.04. The minimum atomic E-state index is -0.464. The summed E-state index contributed by atoms with van der Waals surface area (Å²) in [5.41, 5.74) is 1.87. The maximum absolute atomic E-state index is 13.8. The van der Waals surface area contributed by atoms with E-state index in [1.54, 1.807) is 20.3 Å². The van der Waals surface area contributed by atoms with Crippen molar-refractivity contribution in [3.8, 4) is 17.6 Å². The van der Waals surface area contributed by atoms with Crippen molar-refractivity contribution in [1.82, 2.24) is 4.90 Å². The summed E-state index contributed by atoms with van der Waals surface area (Å²) >= 11 is 0. The number of rotatable bonds is 5. The van der Waals surface area contributed by atoms with Crippen molar-refractivity contribution in [3.05, 3.63) is 53.3 Å². The topological polar surface area (TPSA) is 48.7 Å². The first-order valence-corrected chi connectivity index (χ1v) is 8.53. The van der Waals surface area contributed by atoms with Crippen molar-refractivity contribution in [2.45, 2.75) is 6.54 Å². The second-order valence-corrected chi connectivity index (χ2v) is 6.19. The van der Waals surface area contributed by atoms with E-state index in [1.807, 2.05) is 30.3 Å². The van der Waals surface area contributed by atoms with E-state index in [2.05, 4.69) is 9.80 Å². The van der Waals surface area contributed by atoms with Crippen molar-refractivity contribution in [2.24, 2.45) is 0 Å². The maximum Gasteiger partial charge on any atom is 0.143 e. The van der Waals surface area contributed by atoms with Crippen LogP contribution in [-0.2, 0) is 6.54 Å². The quantitative estimate of drug-likeness (QED) is 0.825. The molecule has 0 saturated carbocycles. The van der Waals surface area contributed by atoms with E-state index in [9.17, 15) is 9.65 Å². The van der Waals surface area contributed by atoms with Gasteiger partial charge in [-0.15, -0.1) is 0 Å². The lowest BCUT2D eigenvalue weighted by Gasteiger charge is -2.36. The van der Waals surface area contributed by atoms with Crippen LogP contribution >= 0.6 is 0 Å². The Hall–Kier alpha value is -2.78. The fourth-order valence-electron chi connectivity index (χ4n) is 3.28. The molecule has 0 N–H and O–H groups in total. The van der Waals surface area contributed by atoms with Gasteiger partial charge in [-0.05, 0) is 30.3 Å². The highest BCUT2D eigenvalue weighted by atomic mass is 19.1. The number of hydrogen-bond donors (Lipinski definition) is 0. The molecule has 0 aliphatic carbocycles. The highest BCUT2D eigenvalue weighted by molar-refractivity contribution is 5.60. The molecule has 2 aromatic rings. The zero-order chi connectivity index (χ0) is 18.5. The molecule has 0 bridgehead atoms. The molecule has 26 heavy (non-hydrogen) atoms. The average molecular weight is 355 g/mol. The molecule has 136 valence electrons. The molecule has 0 spiro atoms. The third-order valence-corrected chi connectivity index (χ3v) is 4.70. The van der Waals surface area contributed by atoms with Crippen LogP contribution in [-0.4, -0.2) is 45.3 Å². The monoisotopic (exact) mass is 355 g/mol. The largest absolute Gasteiger partial charge is 0.497 e. The Morgan fingerprint density at radius 2 is 1.85 bits per heavy atom. The smallest absolute Gasteiger partial charge is 0.143 e. The number of piperazine rings is 1. The first kappa shape index (κ1) is 18.0. The standard InChI is InChI=1S/C20H22FN3O2/c1-25-16-6-7-20(26-2)15(12-16)14-23-8-10-24(11-9-23)19-5-3-4-18(21)17(19)13-22/h3-7,12H,8-11,14H2,1-2H3. The van der Waals surface area contributed by atoms with Gasteiger partial charge in [-0.1, -0.05) is 6.07 Å².